The molecule has 1 rings (SSSR count). The summed E-state index contributed by atoms with van der Waals surface area (Å²) >= 11 is 0. The minimum absolute atomic E-state index is 0.0144. The number of aromatic nitrogens is 2. The zero-order chi connectivity index (χ0) is 16.2. The predicted molar refractivity (Wildman–Crippen MR) is 73.1 cm³/mol. The minimum Gasteiger partial charge on any atom is -0.373 e. The van der Waals surface area contributed by atoms with Crippen molar-refractivity contribution in [3.8, 4) is 0 Å². The van der Waals surface area contributed by atoms with Crippen molar-refractivity contribution in [2.75, 3.05) is 30.9 Å². The Kier molecular flexibility index (Phi) is 5.34. The summed E-state index contributed by atoms with van der Waals surface area (Å²) in [5.41, 5.74) is 0. The quantitative estimate of drug-likeness (QED) is 0.862. The number of anilines is 2. The molecule has 6 nitrogen and oxygen atoms in total. The summed E-state index contributed by atoms with van der Waals surface area (Å²) < 4.78 is 38.2. The average Bonchev–Trinajstić information content (AvgIpc) is 2.35. The van der Waals surface area contributed by atoms with Crippen molar-refractivity contribution in [1.82, 2.24) is 15.3 Å². The summed E-state index contributed by atoms with van der Waals surface area (Å²) in [5, 5.41) is 5.20. The lowest BCUT2D eigenvalue weighted by Gasteiger charge is -2.20. The first-order valence-corrected chi connectivity index (χ1v) is 6.28. The highest BCUT2D eigenvalue weighted by atomic mass is 19.4. The van der Waals surface area contributed by atoms with E-state index in [-0.39, 0.29) is 30.1 Å². The van der Waals surface area contributed by atoms with E-state index in [2.05, 4.69) is 20.6 Å². The van der Waals surface area contributed by atoms with Crippen LogP contribution in [0.3, 0.4) is 0 Å². The molecule has 21 heavy (non-hydrogen) atoms. The molecular weight excluding hydrogens is 287 g/mol. The van der Waals surface area contributed by atoms with Gasteiger partial charge in [-0.2, -0.15) is 13.2 Å². The maximum absolute atomic E-state index is 12.7. The van der Waals surface area contributed by atoms with E-state index in [9.17, 15) is 18.0 Å². The Morgan fingerprint density at radius 3 is 2.48 bits per heavy atom. The molecule has 0 atom stereocenters. The van der Waals surface area contributed by atoms with Gasteiger partial charge >= 0.3 is 6.18 Å². The predicted octanol–water partition coefficient (Wildman–Crippen LogP) is 1.50. The molecule has 1 aromatic rings. The monoisotopic (exact) mass is 305 g/mol. The Hall–Kier alpha value is -2.06. The normalized spacial score (nSPS) is 11.4. The van der Waals surface area contributed by atoms with E-state index in [1.54, 1.807) is 13.8 Å². The van der Waals surface area contributed by atoms with Crippen LogP contribution in [0.2, 0.25) is 0 Å². The third kappa shape index (κ3) is 5.09. The molecule has 118 valence electrons. The van der Waals surface area contributed by atoms with Gasteiger partial charge in [-0.3, -0.25) is 4.79 Å². The van der Waals surface area contributed by atoms with Crippen LogP contribution in [0.5, 0.6) is 0 Å². The number of likely N-dealkylation sites (N-methyl/N-ethyl adjacent to an activating group) is 1. The number of nitrogens with one attached hydrogen (secondary N) is 2. The number of hydrogen-bond donors (Lipinski definition) is 2. The first kappa shape index (κ1) is 17.0. The van der Waals surface area contributed by atoms with Crippen molar-refractivity contribution < 1.29 is 18.0 Å². The molecule has 1 amide bonds. The number of carbonyl (C=O) groups is 1. The summed E-state index contributed by atoms with van der Waals surface area (Å²) in [6.45, 7) is 3.49. The van der Waals surface area contributed by atoms with E-state index >= 15 is 0 Å². The van der Waals surface area contributed by atoms with E-state index in [0.717, 1.165) is 0 Å². The topological polar surface area (TPSA) is 70.2 Å². The van der Waals surface area contributed by atoms with Crippen LogP contribution >= 0.6 is 0 Å². The fourth-order valence-electron chi connectivity index (χ4n) is 1.55. The van der Waals surface area contributed by atoms with Crippen LogP contribution in [0.25, 0.3) is 0 Å². The largest absolute Gasteiger partial charge is 0.451 e. The highest BCUT2D eigenvalue weighted by molar-refractivity contribution is 5.81. The Labute approximate surface area is 120 Å². The second-order valence-corrected chi connectivity index (χ2v) is 4.76. The van der Waals surface area contributed by atoms with Crippen molar-refractivity contribution in [3.63, 3.8) is 0 Å². The number of rotatable bonds is 5. The third-order valence-corrected chi connectivity index (χ3v) is 2.44. The van der Waals surface area contributed by atoms with Gasteiger partial charge in [0.2, 0.25) is 11.7 Å². The van der Waals surface area contributed by atoms with Crippen LogP contribution in [0.15, 0.2) is 6.07 Å². The highest BCUT2D eigenvalue weighted by Gasteiger charge is 2.35. The first-order chi connectivity index (χ1) is 9.63. The van der Waals surface area contributed by atoms with Crippen molar-refractivity contribution >= 4 is 17.5 Å². The molecule has 1 aromatic heterocycles. The van der Waals surface area contributed by atoms with Crippen LogP contribution < -0.4 is 15.5 Å². The fourth-order valence-corrected chi connectivity index (χ4v) is 1.55. The average molecular weight is 305 g/mol. The van der Waals surface area contributed by atoms with E-state index in [0.29, 0.717) is 0 Å². The molecule has 0 spiro atoms. The molecule has 0 fully saturated rings. The van der Waals surface area contributed by atoms with E-state index in [1.807, 2.05) is 0 Å². The summed E-state index contributed by atoms with van der Waals surface area (Å²) in [5.74, 6) is -1.50. The van der Waals surface area contributed by atoms with Gasteiger partial charge in [0.05, 0.1) is 6.54 Å². The second-order valence-electron chi connectivity index (χ2n) is 4.76. The maximum atomic E-state index is 12.7. The van der Waals surface area contributed by atoms with E-state index in [1.165, 1.54) is 25.1 Å². The molecule has 0 aliphatic heterocycles. The Morgan fingerprint density at radius 2 is 2.00 bits per heavy atom. The van der Waals surface area contributed by atoms with Crippen molar-refractivity contribution in [2.45, 2.75) is 26.1 Å². The minimum atomic E-state index is -4.65. The molecule has 9 heteroatoms. The van der Waals surface area contributed by atoms with Crippen molar-refractivity contribution in [2.24, 2.45) is 0 Å². The van der Waals surface area contributed by atoms with Gasteiger partial charge in [0.15, 0.2) is 0 Å². The van der Waals surface area contributed by atoms with Gasteiger partial charge in [-0.15, -0.1) is 0 Å². The fraction of sp³-hybridized carbons (Fsp3) is 0.583. The van der Waals surface area contributed by atoms with Gasteiger partial charge in [-0.05, 0) is 13.8 Å². The SMILES string of the molecule is CNc1cc(N(C)CC(=O)NC(C)C)nc(C(F)(F)F)n1. The van der Waals surface area contributed by atoms with Crippen LogP contribution in [0, 0.1) is 0 Å². The Bertz CT molecular complexity index is 504. The zero-order valence-corrected chi connectivity index (χ0v) is 12.2. The standard InChI is InChI=1S/C12H18F3N5O/c1-7(2)17-10(21)6-20(4)9-5-8(16-3)18-11(19-9)12(13,14)15/h5,7H,6H2,1-4H3,(H,17,21)(H,16,18,19). The number of hydrogen-bond acceptors (Lipinski definition) is 5. The molecule has 0 aliphatic carbocycles. The van der Waals surface area contributed by atoms with Crippen molar-refractivity contribution in [1.29, 1.82) is 0 Å². The lowest BCUT2D eigenvalue weighted by atomic mass is 10.3. The number of alkyl halides is 3. The van der Waals surface area contributed by atoms with Crippen LogP contribution in [0.1, 0.15) is 19.7 Å². The highest BCUT2D eigenvalue weighted by Crippen LogP contribution is 2.28. The number of amides is 1. The van der Waals surface area contributed by atoms with Gasteiger partial charge < -0.3 is 15.5 Å². The molecule has 0 aromatic carbocycles. The van der Waals surface area contributed by atoms with E-state index in [4.69, 9.17) is 0 Å². The third-order valence-electron chi connectivity index (χ3n) is 2.44. The van der Waals surface area contributed by atoms with Gasteiger partial charge in [-0.1, -0.05) is 0 Å². The zero-order valence-electron chi connectivity index (χ0n) is 12.2. The molecular formula is C12H18F3N5O. The molecule has 2 N–H and O–H groups in total. The number of carbonyl (C=O) groups excluding carboxylic acids is 1. The van der Waals surface area contributed by atoms with Gasteiger partial charge in [0.25, 0.3) is 0 Å². The van der Waals surface area contributed by atoms with E-state index < -0.39 is 12.0 Å². The second kappa shape index (κ2) is 6.59. The lowest BCUT2D eigenvalue weighted by molar-refractivity contribution is -0.144. The first-order valence-electron chi connectivity index (χ1n) is 6.28. The van der Waals surface area contributed by atoms with Gasteiger partial charge in [-0.25, -0.2) is 9.97 Å². The van der Waals surface area contributed by atoms with Gasteiger partial charge in [0, 0.05) is 26.2 Å². The van der Waals surface area contributed by atoms with Gasteiger partial charge in [0.1, 0.15) is 11.6 Å². The summed E-state index contributed by atoms with van der Waals surface area (Å²) in [4.78, 5) is 19.8. The van der Waals surface area contributed by atoms with Crippen LogP contribution in [-0.4, -0.2) is 42.6 Å². The smallest absolute Gasteiger partial charge is 0.373 e. The lowest BCUT2D eigenvalue weighted by Crippen LogP contribution is -2.39. The number of halogens is 3. The summed E-state index contributed by atoms with van der Waals surface area (Å²) in [7, 11) is 2.94. The molecule has 0 radical (unpaired) electrons. The summed E-state index contributed by atoms with van der Waals surface area (Å²) in [6.07, 6.45) is -4.65. The Morgan fingerprint density at radius 1 is 1.38 bits per heavy atom. The molecule has 0 saturated heterocycles. The summed E-state index contributed by atoms with van der Waals surface area (Å²) in [6, 6.07) is 1.30. The van der Waals surface area contributed by atoms with Crippen molar-refractivity contribution in [3.05, 3.63) is 11.9 Å². The van der Waals surface area contributed by atoms with Crippen LogP contribution in [-0.2, 0) is 11.0 Å². The molecule has 0 saturated carbocycles. The maximum Gasteiger partial charge on any atom is 0.451 e. The molecule has 1 heterocycles. The molecule has 0 unspecified atom stereocenters. The Balaban J connectivity index is 2.98. The van der Waals surface area contributed by atoms with Crippen LogP contribution in [0.4, 0.5) is 24.8 Å². The molecule has 0 aliphatic rings. The number of nitrogens with zero attached hydrogens (tertiary/aromatic N) is 3. The molecule has 0 bridgehead atoms.